The minimum atomic E-state index is -5.08. The number of amides is 1. The van der Waals surface area contributed by atoms with Crippen molar-refractivity contribution in [2.45, 2.75) is 25.2 Å². The fourth-order valence-electron chi connectivity index (χ4n) is 2.28. The van der Waals surface area contributed by atoms with Crippen LogP contribution < -0.4 is 10.6 Å². The van der Waals surface area contributed by atoms with Crippen molar-refractivity contribution in [3.63, 3.8) is 0 Å². The molecule has 2 aromatic carbocycles. The second-order valence-electron chi connectivity index (χ2n) is 6.24. The number of alkyl halides is 3. The van der Waals surface area contributed by atoms with Crippen molar-refractivity contribution in [3.8, 4) is 0 Å². The van der Waals surface area contributed by atoms with Crippen molar-refractivity contribution in [3.05, 3.63) is 71.8 Å². The molecule has 7 nitrogen and oxygen atoms in total. The van der Waals surface area contributed by atoms with Crippen molar-refractivity contribution in [2.75, 3.05) is 13.6 Å². The molecular formula is C21H23F3N2O5. The van der Waals surface area contributed by atoms with E-state index < -0.39 is 24.2 Å². The molecule has 1 amide bonds. The van der Waals surface area contributed by atoms with Crippen LogP contribution in [0.3, 0.4) is 0 Å². The molecule has 2 aromatic rings. The van der Waals surface area contributed by atoms with Gasteiger partial charge in [0.05, 0.1) is 6.54 Å². The predicted molar refractivity (Wildman–Crippen MR) is 106 cm³/mol. The molecule has 0 unspecified atom stereocenters. The Kier molecular flexibility index (Phi) is 10.8. The molecule has 0 saturated carbocycles. The zero-order chi connectivity index (χ0) is 23.3. The summed E-state index contributed by atoms with van der Waals surface area (Å²) in [5.41, 5.74) is 1.87. The summed E-state index contributed by atoms with van der Waals surface area (Å²) in [5.74, 6) is -3.44. The number of carbonyl (C=O) groups excluding carboxylic acids is 2. The van der Waals surface area contributed by atoms with Crippen molar-refractivity contribution in [1.29, 1.82) is 0 Å². The van der Waals surface area contributed by atoms with Gasteiger partial charge in [-0.2, -0.15) is 13.2 Å². The third kappa shape index (κ3) is 10.8. The van der Waals surface area contributed by atoms with Crippen LogP contribution in [0.25, 0.3) is 0 Å². The third-order valence-electron chi connectivity index (χ3n) is 3.71. The molecule has 0 heterocycles. The number of hydrogen-bond donors (Lipinski definition) is 3. The number of nitrogens with one attached hydrogen (secondary N) is 2. The van der Waals surface area contributed by atoms with Crippen molar-refractivity contribution >= 4 is 17.8 Å². The van der Waals surface area contributed by atoms with Crippen LogP contribution in [0, 0.1) is 0 Å². The summed E-state index contributed by atoms with van der Waals surface area (Å²) in [6, 6.07) is 18.3. The summed E-state index contributed by atoms with van der Waals surface area (Å²) < 4.78 is 37.1. The SMILES string of the molecule is CNCC(=O)N[C@@H](Cc1ccccc1)C(=O)OCc1ccccc1.O=C(O)C(F)(F)F. The zero-order valence-corrected chi connectivity index (χ0v) is 16.7. The number of hydrogen-bond acceptors (Lipinski definition) is 5. The number of carboxylic acid groups (broad SMARTS) is 1. The van der Waals surface area contributed by atoms with Gasteiger partial charge in [-0.3, -0.25) is 4.79 Å². The van der Waals surface area contributed by atoms with Gasteiger partial charge in [0.1, 0.15) is 12.6 Å². The molecule has 1 atom stereocenters. The summed E-state index contributed by atoms with van der Waals surface area (Å²) in [6.07, 6.45) is -4.69. The maximum Gasteiger partial charge on any atom is 0.490 e. The Hall–Kier alpha value is -3.40. The van der Waals surface area contributed by atoms with E-state index in [0.717, 1.165) is 11.1 Å². The van der Waals surface area contributed by atoms with E-state index >= 15 is 0 Å². The maximum atomic E-state index is 12.4. The molecular weight excluding hydrogens is 417 g/mol. The standard InChI is InChI=1S/C19H22N2O3.C2HF3O2/c1-20-13-18(22)21-17(12-15-8-4-2-5-9-15)19(23)24-14-16-10-6-3-7-11-16;3-2(4,5)1(6)7/h2-11,17,20H,12-14H2,1H3,(H,21,22);(H,6,7)/t17-;/m0./s1. The lowest BCUT2D eigenvalue weighted by molar-refractivity contribution is -0.192. The van der Waals surface area contributed by atoms with Gasteiger partial charge in [-0.1, -0.05) is 60.7 Å². The lowest BCUT2D eigenvalue weighted by Crippen LogP contribution is -2.46. The van der Waals surface area contributed by atoms with Crippen LogP contribution in [0.5, 0.6) is 0 Å². The van der Waals surface area contributed by atoms with E-state index in [0.29, 0.717) is 6.42 Å². The summed E-state index contributed by atoms with van der Waals surface area (Å²) >= 11 is 0. The van der Waals surface area contributed by atoms with Crippen molar-refractivity contribution < 1.29 is 37.4 Å². The van der Waals surface area contributed by atoms with Gasteiger partial charge in [0, 0.05) is 6.42 Å². The molecule has 10 heteroatoms. The van der Waals surface area contributed by atoms with E-state index in [9.17, 15) is 22.8 Å². The highest BCUT2D eigenvalue weighted by Crippen LogP contribution is 2.13. The lowest BCUT2D eigenvalue weighted by Gasteiger charge is -2.18. The Labute approximate surface area is 177 Å². The van der Waals surface area contributed by atoms with Crippen LogP contribution in [-0.2, 0) is 32.1 Å². The molecule has 0 aliphatic heterocycles. The Morgan fingerprint density at radius 2 is 1.45 bits per heavy atom. The molecule has 0 aromatic heterocycles. The Morgan fingerprint density at radius 1 is 0.968 bits per heavy atom. The van der Waals surface area contributed by atoms with E-state index in [1.807, 2.05) is 60.7 Å². The number of likely N-dealkylation sites (N-methyl/N-ethyl adjacent to an activating group) is 1. The summed E-state index contributed by atoms with van der Waals surface area (Å²) in [4.78, 5) is 33.1. The molecule has 0 aliphatic rings. The molecule has 0 radical (unpaired) electrons. The second-order valence-corrected chi connectivity index (χ2v) is 6.24. The first kappa shape index (κ1) is 25.6. The number of carboxylic acids is 1. The monoisotopic (exact) mass is 440 g/mol. The fourth-order valence-corrected chi connectivity index (χ4v) is 2.28. The van der Waals surface area contributed by atoms with Gasteiger partial charge in [-0.05, 0) is 18.2 Å². The number of aliphatic carboxylic acids is 1. The first-order chi connectivity index (χ1) is 14.6. The van der Waals surface area contributed by atoms with Gasteiger partial charge in [0.15, 0.2) is 0 Å². The Morgan fingerprint density at radius 3 is 1.90 bits per heavy atom. The van der Waals surface area contributed by atoms with Crippen LogP contribution in [-0.4, -0.2) is 48.8 Å². The van der Waals surface area contributed by atoms with Crippen LogP contribution in [0.4, 0.5) is 13.2 Å². The average Bonchev–Trinajstić information content (AvgIpc) is 2.73. The van der Waals surface area contributed by atoms with E-state index in [-0.39, 0.29) is 19.1 Å². The lowest BCUT2D eigenvalue weighted by atomic mass is 10.1. The molecule has 0 bridgehead atoms. The van der Waals surface area contributed by atoms with Crippen molar-refractivity contribution in [1.82, 2.24) is 10.6 Å². The number of ether oxygens (including phenoxy) is 1. The van der Waals surface area contributed by atoms with Crippen LogP contribution in [0.1, 0.15) is 11.1 Å². The smallest absolute Gasteiger partial charge is 0.475 e. The van der Waals surface area contributed by atoms with Gasteiger partial charge < -0.3 is 20.5 Å². The number of rotatable bonds is 8. The molecule has 2 rings (SSSR count). The topological polar surface area (TPSA) is 105 Å². The molecule has 168 valence electrons. The predicted octanol–water partition coefficient (Wildman–Crippen LogP) is 2.31. The first-order valence-electron chi connectivity index (χ1n) is 9.12. The number of esters is 1. The van der Waals surface area contributed by atoms with Gasteiger partial charge in [-0.15, -0.1) is 0 Å². The zero-order valence-electron chi connectivity index (χ0n) is 16.7. The van der Waals surface area contributed by atoms with E-state index in [1.165, 1.54) is 0 Å². The molecule has 0 spiro atoms. The minimum Gasteiger partial charge on any atom is -0.475 e. The van der Waals surface area contributed by atoms with E-state index in [2.05, 4.69) is 10.6 Å². The fraction of sp³-hybridized carbons (Fsp3) is 0.286. The number of halogens is 3. The van der Waals surface area contributed by atoms with E-state index in [4.69, 9.17) is 14.6 Å². The number of benzene rings is 2. The highest BCUT2D eigenvalue weighted by molar-refractivity contribution is 5.85. The molecule has 0 fully saturated rings. The van der Waals surface area contributed by atoms with Gasteiger partial charge in [0.2, 0.25) is 5.91 Å². The van der Waals surface area contributed by atoms with Crippen molar-refractivity contribution in [2.24, 2.45) is 0 Å². The normalized spacial score (nSPS) is 11.5. The summed E-state index contributed by atoms with van der Waals surface area (Å²) in [7, 11) is 1.68. The van der Waals surface area contributed by atoms with Crippen LogP contribution in [0.2, 0.25) is 0 Å². The molecule has 3 N–H and O–H groups in total. The highest BCUT2D eigenvalue weighted by Gasteiger charge is 2.38. The van der Waals surface area contributed by atoms with Gasteiger partial charge >= 0.3 is 18.1 Å². The highest BCUT2D eigenvalue weighted by atomic mass is 19.4. The van der Waals surface area contributed by atoms with Gasteiger partial charge in [-0.25, -0.2) is 9.59 Å². The quantitative estimate of drug-likeness (QED) is 0.545. The Bertz CT molecular complexity index is 830. The van der Waals surface area contributed by atoms with E-state index in [1.54, 1.807) is 7.05 Å². The number of carbonyl (C=O) groups is 3. The summed E-state index contributed by atoms with van der Waals surface area (Å²) in [6.45, 7) is 0.337. The average molecular weight is 440 g/mol. The second kappa shape index (κ2) is 13.0. The molecule has 0 aliphatic carbocycles. The van der Waals surface area contributed by atoms with Crippen LogP contribution in [0.15, 0.2) is 60.7 Å². The third-order valence-corrected chi connectivity index (χ3v) is 3.71. The Balaban J connectivity index is 0.000000592. The van der Waals surface area contributed by atoms with Crippen LogP contribution >= 0.6 is 0 Å². The largest absolute Gasteiger partial charge is 0.490 e. The summed E-state index contributed by atoms with van der Waals surface area (Å²) in [5, 5.41) is 12.6. The first-order valence-corrected chi connectivity index (χ1v) is 9.12. The van der Waals surface area contributed by atoms with Gasteiger partial charge in [0.25, 0.3) is 0 Å². The molecule has 0 saturated heterocycles. The minimum absolute atomic E-state index is 0.150. The molecule has 31 heavy (non-hydrogen) atoms. The maximum absolute atomic E-state index is 12.4.